The summed E-state index contributed by atoms with van der Waals surface area (Å²) in [5.74, 6) is 0.704. The summed E-state index contributed by atoms with van der Waals surface area (Å²) < 4.78 is 0.865. The second kappa shape index (κ2) is 6.52. The van der Waals surface area contributed by atoms with Gasteiger partial charge in [0, 0.05) is 17.2 Å². The first kappa shape index (κ1) is 14.5. The van der Waals surface area contributed by atoms with Gasteiger partial charge in [-0.05, 0) is 47.1 Å². The molecule has 1 aromatic heterocycles. The first-order valence-corrected chi connectivity index (χ1v) is 7.05. The van der Waals surface area contributed by atoms with Crippen molar-refractivity contribution in [3.05, 3.63) is 52.6 Å². The second-order valence-corrected chi connectivity index (χ2v) is 5.38. The molecule has 0 aliphatic rings. The van der Waals surface area contributed by atoms with Gasteiger partial charge in [-0.15, -0.1) is 0 Å². The van der Waals surface area contributed by atoms with Crippen molar-refractivity contribution >= 4 is 33.3 Å². The van der Waals surface area contributed by atoms with Gasteiger partial charge in [-0.1, -0.05) is 18.2 Å². The summed E-state index contributed by atoms with van der Waals surface area (Å²) in [6, 6.07) is 13.3. The fourth-order valence-electron chi connectivity index (χ4n) is 1.79. The van der Waals surface area contributed by atoms with Crippen molar-refractivity contribution in [2.45, 2.75) is 6.92 Å². The van der Waals surface area contributed by atoms with E-state index in [2.05, 4.69) is 26.2 Å². The zero-order valence-electron chi connectivity index (χ0n) is 11.4. The molecule has 0 aliphatic heterocycles. The number of nitrogens with zero attached hydrogens (tertiary/aromatic N) is 2. The number of hydrogen-bond acceptors (Lipinski definition) is 3. The highest BCUT2D eigenvalue weighted by atomic mass is 79.9. The van der Waals surface area contributed by atoms with Gasteiger partial charge < -0.3 is 10.2 Å². The summed E-state index contributed by atoms with van der Waals surface area (Å²) in [6.45, 7) is 2.18. The summed E-state index contributed by atoms with van der Waals surface area (Å²) in [5.41, 5.74) is 1.70. The second-order valence-electron chi connectivity index (χ2n) is 4.52. The summed E-state index contributed by atoms with van der Waals surface area (Å²) >= 11 is 3.40. The van der Waals surface area contributed by atoms with E-state index in [9.17, 15) is 4.79 Å². The predicted octanol–water partition coefficient (Wildman–Crippen LogP) is 3.23. The number of aromatic nitrogens is 1. The molecule has 0 spiro atoms. The smallest absolute Gasteiger partial charge is 0.243 e. The van der Waals surface area contributed by atoms with Crippen LogP contribution in [-0.4, -0.2) is 24.5 Å². The molecule has 0 atom stereocenters. The summed E-state index contributed by atoms with van der Waals surface area (Å²) in [4.78, 5) is 18.2. The SMILES string of the molecule is Cc1cccc(N(C)CC(=O)Nc2ccccc2Br)n1. The molecule has 1 N–H and O–H groups in total. The van der Waals surface area contributed by atoms with Gasteiger partial charge in [-0.25, -0.2) is 4.98 Å². The molecule has 5 heteroatoms. The van der Waals surface area contributed by atoms with Crippen LogP contribution in [0.5, 0.6) is 0 Å². The zero-order chi connectivity index (χ0) is 14.5. The molecule has 0 bridgehead atoms. The Hall–Kier alpha value is -1.88. The Morgan fingerprint density at radius 2 is 2.00 bits per heavy atom. The quantitative estimate of drug-likeness (QED) is 0.934. The van der Waals surface area contributed by atoms with Crippen molar-refractivity contribution in [2.75, 3.05) is 23.8 Å². The molecule has 2 aromatic rings. The van der Waals surface area contributed by atoms with Gasteiger partial charge in [0.05, 0.1) is 12.2 Å². The van der Waals surface area contributed by atoms with Crippen LogP contribution < -0.4 is 10.2 Å². The Morgan fingerprint density at radius 3 is 2.70 bits per heavy atom. The molecule has 1 aromatic carbocycles. The van der Waals surface area contributed by atoms with Crippen LogP contribution in [0.25, 0.3) is 0 Å². The first-order valence-electron chi connectivity index (χ1n) is 6.25. The number of carbonyl (C=O) groups is 1. The number of nitrogens with one attached hydrogen (secondary N) is 1. The molecule has 2 rings (SSSR count). The molecule has 0 aliphatic carbocycles. The molecule has 20 heavy (non-hydrogen) atoms. The van der Waals surface area contributed by atoms with Crippen LogP contribution in [0.3, 0.4) is 0 Å². The lowest BCUT2D eigenvalue weighted by Gasteiger charge is -2.18. The van der Waals surface area contributed by atoms with E-state index in [0.29, 0.717) is 0 Å². The molecule has 0 saturated heterocycles. The number of hydrogen-bond donors (Lipinski definition) is 1. The normalized spacial score (nSPS) is 10.2. The zero-order valence-corrected chi connectivity index (χ0v) is 13.0. The number of amides is 1. The number of anilines is 2. The van der Waals surface area contributed by atoms with Gasteiger partial charge in [-0.3, -0.25) is 4.79 Å². The van der Waals surface area contributed by atoms with Gasteiger partial charge in [0.25, 0.3) is 0 Å². The highest BCUT2D eigenvalue weighted by molar-refractivity contribution is 9.10. The number of benzene rings is 1. The Morgan fingerprint density at radius 1 is 1.25 bits per heavy atom. The van der Waals surface area contributed by atoms with Crippen LogP contribution in [0.1, 0.15) is 5.69 Å². The molecular weight excluding hydrogens is 318 g/mol. The van der Waals surface area contributed by atoms with E-state index in [-0.39, 0.29) is 12.5 Å². The number of carbonyl (C=O) groups excluding carboxylic acids is 1. The summed E-state index contributed by atoms with van der Waals surface area (Å²) in [6.07, 6.45) is 0. The van der Waals surface area contributed by atoms with Crippen molar-refractivity contribution in [1.29, 1.82) is 0 Å². The molecule has 1 heterocycles. The van der Waals surface area contributed by atoms with Crippen LogP contribution in [0.15, 0.2) is 46.9 Å². The van der Waals surface area contributed by atoms with Crippen LogP contribution >= 0.6 is 15.9 Å². The van der Waals surface area contributed by atoms with Crippen LogP contribution in [0, 0.1) is 6.92 Å². The predicted molar refractivity (Wildman–Crippen MR) is 85.0 cm³/mol. The lowest BCUT2D eigenvalue weighted by molar-refractivity contribution is -0.114. The minimum absolute atomic E-state index is 0.0808. The Labute approximate surface area is 127 Å². The fourth-order valence-corrected chi connectivity index (χ4v) is 2.17. The van der Waals surface area contributed by atoms with Crippen molar-refractivity contribution in [3.63, 3.8) is 0 Å². The molecular formula is C15H16BrN3O. The molecule has 4 nitrogen and oxygen atoms in total. The fraction of sp³-hybridized carbons (Fsp3) is 0.200. The monoisotopic (exact) mass is 333 g/mol. The third kappa shape index (κ3) is 3.81. The maximum atomic E-state index is 12.0. The third-order valence-corrected chi connectivity index (χ3v) is 3.48. The minimum Gasteiger partial charge on any atom is -0.350 e. The van der Waals surface area contributed by atoms with E-state index in [1.807, 2.05) is 61.3 Å². The van der Waals surface area contributed by atoms with E-state index < -0.39 is 0 Å². The van der Waals surface area contributed by atoms with Gasteiger partial charge in [0.1, 0.15) is 5.82 Å². The Kier molecular flexibility index (Phi) is 4.74. The van der Waals surface area contributed by atoms with Gasteiger partial charge in [0.15, 0.2) is 0 Å². The van der Waals surface area contributed by atoms with E-state index in [1.165, 1.54) is 0 Å². The average molecular weight is 334 g/mol. The van der Waals surface area contributed by atoms with Crippen LogP contribution in [-0.2, 0) is 4.79 Å². The lowest BCUT2D eigenvalue weighted by atomic mass is 10.3. The average Bonchev–Trinajstić information content (AvgIpc) is 2.41. The molecule has 1 amide bonds. The molecule has 104 valence electrons. The van der Waals surface area contributed by atoms with E-state index >= 15 is 0 Å². The molecule has 0 unspecified atom stereocenters. The highest BCUT2D eigenvalue weighted by Crippen LogP contribution is 2.21. The topological polar surface area (TPSA) is 45.2 Å². The number of pyridine rings is 1. The highest BCUT2D eigenvalue weighted by Gasteiger charge is 2.10. The number of para-hydroxylation sites is 1. The van der Waals surface area contributed by atoms with Crippen molar-refractivity contribution in [2.24, 2.45) is 0 Å². The first-order chi connectivity index (χ1) is 9.56. The molecule has 0 saturated carbocycles. The number of halogens is 1. The maximum absolute atomic E-state index is 12.0. The van der Waals surface area contributed by atoms with Crippen molar-refractivity contribution in [3.8, 4) is 0 Å². The lowest BCUT2D eigenvalue weighted by Crippen LogP contribution is -2.30. The molecule has 0 fully saturated rings. The summed E-state index contributed by atoms with van der Waals surface area (Å²) in [5, 5.41) is 2.87. The maximum Gasteiger partial charge on any atom is 0.243 e. The number of rotatable bonds is 4. The third-order valence-electron chi connectivity index (χ3n) is 2.79. The molecule has 0 radical (unpaired) electrons. The Bertz CT molecular complexity index is 616. The Balaban J connectivity index is 2.00. The standard InChI is InChI=1S/C15H16BrN3O/c1-11-6-5-9-14(17-11)19(2)10-15(20)18-13-8-4-3-7-12(13)16/h3-9H,10H2,1-2H3,(H,18,20). The number of likely N-dealkylation sites (N-methyl/N-ethyl adjacent to an activating group) is 1. The van der Waals surface area contributed by atoms with Gasteiger partial charge >= 0.3 is 0 Å². The van der Waals surface area contributed by atoms with Crippen LogP contribution in [0.4, 0.5) is 11.5 Å². The number of aryl methyl sites for hydroxylation is 1. The van der Waals surface area contributed by atoms with Crippen molar-refractivity contribution < 1.29 is 4.79 Å². The van der Waals surface area contributed by atoms with Crippen molar-refractivity contribution in [1.82, 2.24) is 4.98 Å². The van der Waals surface area contributed by atoms with Gasteiger partial charge in [-0.2, -0.15) is 0 Å². The minimum atomic E-state index is -0.0808. The van der Waals surface area contributed by atoms with E-state index in [1.54, 1.807) is 0 Å². The summed E-state index contributed by atoms with van der Waals surface area (Å²) in [7, 11) is 1.85. The van der Waals surface area contributed by atoms with E-state index in [0.717, 1.165) is 21.7 Å². The van der Waals surface area contributed by atoms with Gasteiger partial charge in [0.2, 0.25) is 5.91 Å². The van der Waals surface area contributed by atoms with Crippen LogP contribution in [0.2, 0.25) is 0 Å². The van der Waals surface area contributed by atoms with E-state index in [4.69, 9.17) is 0 Å². The largest absolute Gasteiger partial charge is 0.350 e.